The predicted molar refractivity (Wildman–Crippen MR) is 55.8 cm³/mol. The highest BCUT2D eigenvalue weighted by atomic mass is 32.2. The lowest BCUT2D eigenvalue weighted by molar-refractivity contribution is 0.755. The van der Waals surface area contributed by atoms with Gasteiger partial charge in [-0.1, -0.05) is 12.1 Å². The normalized spacial score (nSPS) is 21.4. The van der Waals surface area contributed by atoms with E-state index in [1.807, 2.05) is 0 Å². The molecule has 0 unspecified atom stereocenters. The molecule has 2 nitrogen and oxygen atoms in total. The molecule has 0 amide bonds. The summed E-state index contributed by atoms with van der Waals surface area (Å²) < 4.78 is 3.35. The number of rotatable bonds is 1. The molecule has 1 aromatic rings. The zero-order valence-corrected chi connectivity index (χ0v) is 8.18. The Morgan fingerprint density at radius 3 is 3.00 bits per heavy atom. The first kappa shape index (κ1) is 7.71. The van der Waals surface area contributed by atoms with Crippen molar-refractivity contribution in [3.05, 3.63) is 24.3 Å². The van der Waals surface area contributed by atoms with Crippen molar-refractivity contribution in [2.24, 2.45) is 0 Å². The highest BCUT2D eigenvalue weighted by molar-refractivity contribution is 7.97. The molecule has 68 valence electrons. The standard InChI is InChI=1S/C10H12N2S/c1-2-4-10-9(3-1)12(7-11-13-10)8-5-6-8/h1-4,8,11H,5-7H2. The summed E-state index contributed by atoms with van der Waals surface area (Å²) in [6.45, 7) is 0.992. The number of hydrogen-bond acceptors (Lipinski definition) is 3. The average Bonchev–Trinajstić information content (AvgIpc) is 3.00. The third-order valence-electron chi connectivity index (χ3n) is 2.58. The molecular formula is C10H12N2S. The summed E-state index contributed by atoms with van der Waals surface area (Å²) in [7, 11) is 0. The molecule has 1 fully saturated rings. The Morgan fingerprint density at radius 2 is 2.15 bits per heavy atom. The Balaban J connectivity index is 2.00. The first-order chi connectivity index (χ1) is 6.45. The van der Waals surface area contributed by atoms with Crippen molar-refractivity contribution < 1.29 is 0 Å². The molecular weight excluding hydrogens is 180 g/mol. The van der Waals surface area contributed by atoms with Gasteiger partial charge in [-0.3, -0.25) is 0 Å². The quantitative estimate of drug-likeness (QED) is 0.687. The van der Waals surface area contributed by atoms with Crippen LogP contribution in [0, 0.1) is 0 Å². The van der Waals surface area contributed by atoms with Crippen LogP contribution >= 0.6 is 11.9 Å². The van der Waals surface area contributed by atoms with E-state index < -0.39 is 0 Å². The first-order valence-electron chi connectivity index (χ1n) is 4.70. The lowest BCUT2D eigenvalue weighted by Gasteiger charge is -2.30. The summed E-state index contributed by atoms with van der Waals surface area (Å²) in [5.41, 5.74) is 1.41. The monoisotopic (exact) mass is 192 g/mol. The summed E-state index contributed by atoms with van der Waals surface area (Å²) in [5.74, 6) is 0. The fourth-order valence-electron chi connectivity index (χ4n) is 1.76. The maximum absolute atomic E-state index is 3.35. The molecule has 0 bridgehead atoms. The Kier molecular flexibility index (Phi) is 1.73. The van der Waals surface area contributed by atoms with Crippen LogP contribution in [0.1, 0.15) is 12.8 Å². The van der Waals surface area contributed by atoms with Crippen LogP contribution in [0.4, 0.5) is 5.69 Å². The van der Waals surface area contributed by atoms with Crippen LogP contribution in [-0.2, 0) is 0 Å². The molecule has 3 rings (SSSR count). The Hall–Kier alpha value is -0.670. The number of nitrogens with one attached hydrogen (secondary N) is 1. The molecule has 0 aromatic heterocycles. The van der Waals surface area contributed by atoms with Crippen LogP contribution < -0.4 is 9.62 Å². The summed E-state index contributed by atoms with van der Waals surface area (Å²) in [5, 5.41) is 0. The maximum Gasteiger partial charge on any atom is 0.0781 e. The lowest BCUT2D eigenvalue weighted by Crippen LogP contribution is -2.36. The van der Waals surface area contributed by atoms with Crippen molar-refractivity contribution in [2.75, 3.05) is 11.6 Å². The topological polar surface area (TPSA) is 15.3 Å². The van der Waals surface area contributed by atoms with Crippen molar-refractivity contribution in [2.45, 2.75) is 23.8 Å². The molecule has 1 heterocycles. The SMILES string of the molecule is c1ccc2c(c1)SNCN2C1CC1. The Bertz CT molecular complexity index is 322. The predicted octanol–water partition coefficient (Wildman–Crippen LogP) is 2.22. The Morgan fingerprint density at radius 1 is 1.31 bits per heavy atom. The fraction of sp³-hybridized carbons (Fsp3) is 0.400. The molecule has 1 N–H and O–H groups in total. The highest BCUT2D eigenvalue weighted by Gasteiger charge is 2.31. The number of benzene rings is 1. The van der Waals surface area contributed by atoms with Gasteiger partial charge in [-0.15, -0.1) is 0 Å². The van der Waals surface area contributed by atoms with E-state index in [4.69, 9.17) is 0 Å². The van der Waals surface area contributed by atoms with E-state index in [1.165, 1.54) is 23.4 Å². The smallest absolute Gasteiger partial charge is 0.0781 e. The van der Waals surface area contributed by atoms with E-state index in [9.17, 15) is 0 Å². The van der Waals surface area contributed by atoms with Crippen LogP contribution in [0.15, 0.2) is 29.2 Å². The number of para-hydroxylation sites is 1. The van der Waals surface area contributed by atoms with Gasteiger partial charge in [0, 0.05) is 10.9 Å². The van der Waals surface area contributed by atoms with E-state index in [0.717, 1.165) is 12.7 Å². The van der Waals surface area contributed by atoms with E-state index in [-0.39, 0.29) is 0 Å². The van der Waals surface area contributed by atoms with Gasteiger partial charge in [-0.2, -0.15) is 0 Å². The van der Waals surface area contributed by atoms with Crippen LogP contribution in [0.2, 0.25) is 0 Å². The summed E-state index contributed by atoms with van der Waals surface area (Å²) >= 11 is 1.75. The third kappa shape index (κ3) is 1.32. The summed E-state index contributed by atoms with van der Waals surface area (Å²) in [6.07, 6.45) is 2.72. The molecule has 1 saturated carbocycles. The molecule has 2 aliphatic rings. The van der Waals surface area contributed by atoms with Gasteiger partial charge in [0.1, 0.15) is 0 Å². The number of hydrogen-bond donors (Lipinski definition) is 1. The van der Waals surface area contributed by atoms with Crippen molar-refractivity contribution >= 4 is 17.6 Å². The zero-order chi connectivity index (χ0) is 8.67. The van der Waals surface area contributed by atoms with Crippen LogP contribution in [0.25, 0.3) is 0 Å². The molecule has 0 radical (unpaired) electrons. The molecule has 0 saturated heterocycles. The highest BCUT2D eigenvalue weighted by Crippen LogP contribution is 2.38. The Labute approximate surface area is 82.4 Å². The molecule has 1 aromatic carbocycles. The molecule has 1 aliphatic heterocycles. The minimum atomic E-state index is 0.801. The molecule has 3 heteroatoms. The van der Waals surface area contributed by atoms with Gasteiger partial charge in [-0.25, -0.2) is 4.72 Å². The van der Waals surface area contributed by atoms with Crippen LogP contribution in [0.5, 0.6) is 0 Å². The number of anilines is 1. The second-order valence-electron chi connectivity index (χ2n) is 3.57. The van der Waals surface area contributed by atoms with E-state index in [0.29, 0.717) is 0 Å². The molecule has 0 spiro atoms. The molecule has 1 aliphatic carbocycles. The van der Waals surface area contributed by atoms with Gasteiger partial charge in [0.25, 0.3) is 0 Å². The summed E-state index contributed by atoms with van der Waals surface area (Å²) in [4.78, 5) is 3.84. The van der Waals surface area contributed by atoms with Crippen molar-refractivity contribution in [3.8, 4) is 0 Å². The number of nitrogens with zero attached hydrogens (tertiary/aromatic N) is 1. The van der Waals surface area contributed by atoms with Crippen molar-refractivity contribution in [1.29, 1.82) is 0 Å². The van der Waals surface area contributed by atoms with Gasteiger partial charge in [-0.05, 0) is 36.9 Å². The van der Waals surface area contributed by atoms with Gasteiger partial charge in [0.15, 0.2) is 0 Å². The van der Waals surface area contributed by atoms with Gasteiger partial charge in [0.05, 0.1) is 12.4 Å². The van der Waals surface area contributed by atoms with Crippen molar-refractivity contribution in [3.63, 3.8) is 0 Å². The van der Waals surface area contributed by atoms with E-state index in [1.54, 1.807) is 11.9 Å². The third-order valence-corrected chi connectivity index (χ3v) is 3.42. The summed E-state index contributed by atoms with van der Waals surface area (Å²) in [6, 6.07) is 9.43. The first-order valence-corrected chi connectivity index (χ1v) is 5.52. The second kappa shape index (κ2) is 2.93. The zero-order valence-electron chi connectivity index (χ0n) is 7.36. The largest absolute Gasteiger partial charge is 0.354 e. The van der Waals surface area contributed by atoms with Crippen LogP contribution in [0.3, 0.4) is 0 Å². The van der Waals surface area contributed by atoms with Gasteiger partial charge in [0.2, 0.25) is 0 Å². The molecule has 13 heavy (non-hydrogen) atoms. The van der Waals surface area contributed by atoms with Gasteiger partial charge >= 0.3 is 0 Å². The minimum absolute atomic E-state index is 0.801. The average molecular weight is 192 g/mol. The maximum atomic E-state index is 3.35. The lowest BCUT2D eigenvalue weighted by atomic mass is 10.3. The van der Waals surface area contributed by atoms with Crippen molar-refractivity contribution in [1.82, 2.24) is 4.72 Å². The van der Waals surface area contributed by atoms with Crippen LogP contribution in [-0.4, -0.2) is 12.7 Å². The number of fused-ring (bicyclic) bond motifs is 1. The van der Waals surface area contributed by atoms with E-state index in [2.05, 4.69) is 33.9 Å². The second-order valence-corrected chi connectivity index (χ2v) is 4.51. The fourth-order valence-corrected chi connectivity index (χ4v) is 2.55. The molecule has 0 atom stereocenters. The van der Waals surface area contributed by atoms with Gasteiger partial charge < -0.3 is 4.90 Å². The van der Waals surface area contributed by atoms with E-state index >= 15 is 0 Å². The minimum Gasteiger partial charge on any atom is -0.354 e.